The van der Waals surface area contributed by atoms with E-state index in [-0.39, 0.29) is 5.91 Å². The number of anilines is 1. The van der Waals surface area contributed by atoms with Gasteiger partial charge in [0.25, 0.3) is 5.91 Å². The van der Waals surface area contributed by atoms with Crippen molar-refractivity contribution in [2.75, 3.05) is 38.6 Å². The molecule has 3 N–H and O–H groups in total. The summed E-state index contributed by atoms with van der Waals surface area (Å²) in [5, 5.41) is 14.0. The lowest BCUT2D eigenvalue weighted by Gasteiger charge is -2.28. The maximum atomic E-state index is 12.6. The van der Waals surface area contributed by atoms with E-state index in [1.54, 1.807) is 31.4 Å². The first-order chi connectivity index (χ1) is 18.1. The summed E-state index contributed by atoms with van der Waals surface area (Å²) in [7, 11) is 1.71. The number of rotatable bonds is 6. The zero-order valence-corrected chi connectivity index (χ0v) is 21.3. The Morgan fingerprint density at radius 3 is 2.32 bits per heavy atom. The number of benzene rings is 3. The molecule has 0 saturated carbocycles. The molecule has 11 heteroatoms. The Hall–Kier alpha value is -3.60. The molecule has 7 nitrogen and oxygen atoms in total. The van der Waals surface area contributed by atoms with Crippen LogP contribution in [0.1, 0.15) is 15.9 Å². The number of carboxylic acids is 1. The van der Waals surface area contributed by atoms with E-state index in [2.05, 4.69) is 27.7 Å². The zero-order chi connectivity index (χ0) is 27.7. The van der Waals surface area contributed by atoms with E-state index < -0.39 is 12.1 Å². The molecular formula is C27H27ClF3N3O4. The van der Waals surface area contributed by atoms with Crippen LogP contribution in [-0.2, 0) is 11.3 Å². The standard InChI is InChI=1S/C25H26ClN3O2.C2HF3O2/c1-31-24-9-8-19(14-21(24)17-29-12-10-27-11-13-29)18-4-3-7-23(16-18)28-25(30)20-5-2-6-22(26)15-20;3-2(4,5)1(6)7/h2-9,14-16,27H,10-13,17H2,1H3,(H,28,30);(H,6,7). The average Bonchev–Trinajstić information content (AvgIpc) is 2.89. The van der Waals surface area contributed by atoms with Gasteiger partial charge in [0.15, 0.2) is 0 Å². The van der Waals surface area contributed by atoms with Gasteiger partial charge in [0.1, 0.15) is 5.75 Å². The minimum absolute atomic E-state index is 0.186. The average molecular weight is 550 g/mol. The summed E-state index contributed by atoms with van der Waals surface area (Å²) in [6.07, 6.45) is -5.08. The van der Waals surface area contributed by atoms with Crippen molar-refractivity contribution < 1.29 is 32.6 Å². The summed E-state index contributed by atoms with van der Waals surface area (Å²) < 4.78 is 37.3. The Bertz CT molecular complexity index is 1260. The number of hydrogen-bond acceptors (Lipinski definition) is 5. The third kappa shape index (κ3) is 8.47. The second-order valence-corrected chi connectivity index (χ2v) is 8.84. The number of methoxy groups -OCH3 is 1. The van der Waals surface area contributed by atoms with Gasteiger partial charge in [-0.3, -0.25) is 9.69 Å². The van der Waals surface area contributed by atoms with Gasteiger partial charge in [-0.05, 0) is 53.6 Å². The molecule has 202 valence electrons. The Labute approximate surface area is 223 Å². The van der Waals surface area contributed by atoms with Crippen molar-refractivity contribution in [3.8, 4) is 16.9 Å². The van der Waals surface area contributed by atoms with Crippen LogP contribution in [0, 0.1) is 0 Å². The van der Waals surface area contributed by atoms with Crippen molar-refractivity contribution in [1.82, 2.24) is 10.2 Å². The van der Waals surface area contributed by atoms with E-state index in [0.717, 1.165) is 60.9 Å². The highest BCUT2D eigenvalue weighted by Gasteiger charge is 2.38. The lowest BCUT2D eigenvalue weighted by molar-refractivity contribution is -0.192. The lowest BCUT2D eigenvalue weighted by Crippen LogP contribution is -2.42. The molecule has 0 aromatic heterocycles. The van der Waals surface area contributed by atoms with Gasteiger partial charge < -0.3 is 20.5 Å². The molecule has 0 unspecified atom stereocenters. The fourth-order valence-electron chi connectivity index (χ4n) is 3.80. The molecule has 1 amide bonds. The first-order valence-corrected chi connectivity index (χ1v) is 12.0. The molecule has 4 rings (SSSR count). The fourth-order valence-corrected chi connectivity index (χ4v) is 3.99. The molecule has 0 bridgehead atoms. The lowest BCUT2D eigenvalue weighted by atomic mass is 10.0. The van der Waals surface area contributed by atoms with Gasteiger partial charge in [-0.1, -0.05) is 35.9 Å². The predicted molar refractivity (Wildman–Crippen MR) is 140 cm³/mol. The van der Waals surface area contributed by atoms with Gasteiger partial charge in [0.05, 0.1) is 7.11 Å². The number of nitrogens with one attached hydrogen (secondary N) is 2. The van der Waals surface area contributed by atoms with Gasteiger partial charge in [0.2, 0.25) is 0 Å². The number of carbonyl (C=O) groups excluding carboxylic acids is 1. The van der Waals surface area contributed by atoms with Crippen LogP contribution in [0.3, 0.4) is 0 Å². The van der Waals surface area contributed by atoms with Gasteiger partial charge in [-0.25, -0.2) is 4.79 Å². The van der Waals surface area contributed by atoms with Crippen LogP contribution in [0.25, 0.3) is 11.1 Å². The normalized spacial score (nSPS) is 13.7. The first-order valence-electron chi connectivity index (χ1n) is 11.6. The molecule has 1 aliphatic heterocycles. The summed E-state index contributed by atoms with van der Waals surface area (Å²) in [5.74, 6) is -2.05. The van der Waals surface area contributed by atoms with Crippen molar-refractivity contribution in [2.45, 2.75) is 12.7 Å². The Kier molecular flexibility index (Phi) is 10.1. The van der Waals surface area contributed by atoms with Gasteiger partial charge >= 0.3 is 12.1 Å². The number of nitrogens with zero attached hydrogens (tertiary/aromatic N) is 1. The molecule has 3 aromatic rings. The van der Waals surface area contributed by atoms with Gasteiger partial charge in [0, 0.05) is 54.6 Å². The highest BCUT2D eigenvalue weighted by atomic mass is 35.5. The van der Waals surface area contributed by atoms with E-state index in [4.69, 9.17) is 26.2 Å². The van der Waals surface area contributed by atoms with Crippen molar-refractivity contribution >= 4 is 29.2 Å². The molecule has 1 saturated heterocycles. The molecule has 0 aliphatic carbocycles. The fraction of sp³-hybridized carbons (Fsp3) is 0.259. The third-order valence-corrected chi connectivity index (χ3v) is 5.90. The number of carbonyl (C=O) groups is 2. The van der Waals surface area contributed by atoms with E-state index in [1.807, 2.05) is 30.3 Å². The number of carboxylic acid groups (broad SMARTS) is 1. The Morgan fingerprint density at radius 1 is 1.03 bits per heavy atom. The van der Waals surface area contributed by atoms with Crippen molar-refractivity contribution in [3.05, 3.63) is 82.9 Å². The van der Waals surface area contributed by atoms with E-state index in [0.29, 0.717) is 10.6 Å². The van der Waals surface area contributed by atoms with E-state index in [9.17, 15) is 18.0 Å². The minimum atomic E-state index is -5.08. The third-order valence-electron chi connectivity index (χ3n) is 5.67. The SMILES string of the molecule is COc1ccc(-c2cccc(NC(=O)c3cccc(Cl)c3)c2)cc1CN1CCNCC1.O=C(O)C(F)(F)F. The largest absolute Gasteiger partial charge is 0.496 e. The number of hydrogen-bond donors (Lipinski definition) is 3. The van der Waals surface area contributed by atoms with Crippen LogP contribution in [-0.4, -0.2) is 61.3 Å². The Balaban J connectivity index is 0.000000505. The van der Waals surface area contributed by atoms with Crippen LogP contribution in [0.15, 0.2) is 66.7 Å². The molecule has 0 spiro atoms. The summed E-state index contributed by atoms with van der Waals surface area (Å²) in [6, 6.07) is 21.0. The molecular weight excluding hydrogens is 523 g/mol. The first kappa shape index (κ1) is 29.0. The Morgan fingerprint density at radius 2 is 1.68 bits per heavy atom. The second kappa shape index (κ2) is 13.3. The van der Waals surface area contributed by atoms with Gasteiger partial charge in [-0.2, -0.15) is 13.2 Å². The molecule has 3 aromatic carbocycles. The number of piperazine rings is 1. The van der Waals surface area contributed by atoms with E-state index >= 15 is 0 Å². The number of ether oxygens (including phenoxy) is 1. The number of halogens is 4. The number of alkyl halides is 3. The van der Waals surface area contributed by atoms with Crippen LogP contribution in [0.4, 0.5) is 18.9 Å². The van der Waals surface area contributed by atoms with Crippen molar-refractivity contribution in [2.24, 2.45) is 0 Å². The van der Waals surface area contributed by atoms with E-state index in [1.165, 1.54) is 0 Å². The minimum Gasteiger partial charge on any atom is -0.496 e. The van der Waals surface area contributed by atoms with Crippen LogP contribution in [0.5, 0.6) is 5.75 Å². The van der Waals surface area contributed by atoms with Crippen LogP contribution >= 0.6 is 11.6 Å². The van der Waals surface area contributed by atoms with Crippen LogP contribution in [0.2, 0.25) is 5.02 Å². The number of aliphatic carboxylic acids is 1. The van der Waals surface area contributed by atoms with Crippen LogP contribution < -0.4 is 15.4 Å². The maximum absolute atomic E-state index is 12.6. The summed E-state index contributed by atoms with van der Waals surface area (Å²) in [6.45, 7) is 4.92. The molecule has 1 aliphatic rings. The summed E-state index contributed by atoms with van der Waals surface area (Å²) in [5.41, 5.74) is 4.55. The zero-order valence-electron chi connectivity index (χ0n) is 20.5. The molecule has 0 atom stereocenters. The molecule has 0 radical (unpaired) electrons. The highest BCUT2D eigenvalue weighted by molar-refractivity contribution is 6.31. The summed E-state index contributed by atoms with van der Waals surface area (Å²) in [4.78, 5) is 23.9. The highest BCUT2D eigenvalue weighted by Crippen LogP contribution is 2.29. The quantitative estimate of drug-likeness (QED) is 0.386. The molecule has 1 heterocycles. The summed E-state index contributed by atoms with van der Waals surface area (Å²) >= 11 is 6.01. The van der Waals surface area contributed by atoms with Crippen molar-refractivity contribution in [1.29, 1.82) is 0 Å². The predicted octanol–water partition coefficient (Wildman–Crippen LogP) is 5.31. The maximum Gasteiger partial charge on any atom is 0.490 e. The van der Waals surface area contributed by atoms with Crippen molar-refractivity contribution in [3.63, 3.8) is 0 Å². The smallest absolute Gasteiger partial charge is 0.490 e. The second-order valence-electron chi connectivity index (χ2n) is 8.40. The topological polar surface area (TPSA) is 90.9 Å². The monoisotopic (exact) mass is 549 g/mol. The number of amides is 1. The molecule has 1 fully saturated rings. The van der Waals surface area contributed by atoms with Gasteiger partial charge in [-0.15, -0.1) is 0 Å². The molecule has 38 heavy (non-hydrogen) atoms.